The summed E-state index contributed by atoms with van der Waals surface area (Å²) in [7, 11) is 0. The average molecular weight is 535 g/mol. The summed E-state index contributed by atoms with van der Waals surface area (Å²) in [6.45, 7) is 6.26. The summed E-state index contributed by atoms with van der Waals surface area (Å²) in [5, 5.41) is 14.5. The second-order valence-electron chi connectivity index (χ2n) is 10.7. The van der Waals surface area contributed by atoms with Crippen molar-refractivity contribution in [2.45, 2.75) is 76.8 Å². The average Bonchev–Trinajstić information content (AvgIpc) is 3.31. The van der Waals surface area contributed by atoms with Gasteiger partial charge in [-0.25, -0.2) is 5.06 Å². The van der Waals surface area contributed by atoms with E-state index in [1.165, 1.54) is 17.7 Å². The zero-order chi connectivity index (χ0) is 27.7. The number of carbonyl (C=O) groups is 1. The first-order chi connectivity index (χ1) is 18.0. The lowest BCUT2D eigenvalue weighted by atomic mass is 10.00. The van der Waals surface area contributed by atoms with Crippen LogP contribution in [0.1, 0.15) is 56.2 Å². The lowest BCUT2D eigenvalue weighted by Crippen LogP contribution is -2.47. The number of hydroxylamine groups is 2. The number of carbonyl (C=O) groups excluding carboxylic acids is 1. The molecular weight excluding hydrogens is 493 g/mol. The molecule has 1 aliphatic rings. The van der Waals surface area contributed by atoms with Gasteiger partial charge in [-0.15, -0.1) is 0 Å². The molecule has 2 unspecified atom stereocenters. The number of nitrogens with one attached hydrogen (secondary N) is 1. The Morgan fingerprint density at radius 1 is 1.11 bits per heavy atom. The van der Waals surface area contributed by atoms with Crippen molar-refractivity contribution in [3.05, 3.63) is 71.3 Å². The lowest BCUT2D eigenvalue weighted by Gasteiger charge is -2.30. The predicted octanol–water partition coefficient (Wildman–Crippen LogP) is 4.85. The topological polar surface area (TPSA) is 81.8 Å². The SMILES string of the molecule is CC(C)C[C@@H](NCCC(CCc1ccccc1)N1CCC(N)C1)C(=O)N(O)Cc1ccc(C(F)(F)F)cc1. The number of halogens is 3. The first-order valence-corrected chi connectivity index (χ1v) is 13.5. The molecule has 6 nitrogen and oxygen atoms in total. The van der Waals surface area contributed by atoms with Gasteiger partial charge in [-0.2, -0.15) is 13.2 Å². The fourth-order valence-electron chi connectivity index (χ4n) is 5.03. The Morgan fingerprint density at radius 2 is 1.79 bits per heavy atom. The maximum absolute atomic E-state index is 13.1. The minimum absolute atomic E-state index is 0.182. The van der Waals surface area contributed by atoms with Crippen LogP contribution in [0.3, 0.4) is 0 Å². The standard InChI is InChI=1S/C29H41F3N4O2/c1-21(2)18-27(28(37)36(38)19-23-8-11-24(12-9-23)29(30,31)32)34-16-14-26(35-17-15-25(33)20-35)13-10-22-6-4-3-5-7-22/h3-9,11-12,21,25-27,34,38H,10,13-20,33H2,1-2H3/t25?,26?,27-/m1/s1. The number of nitrogens with zero attached hydrogens (tertiary/aromatic N) is 2. The van der Waals surface area contributed by atoms with Crippen LogP contribution in [-0.2, 0) is 23.9 Å². The van der Waals surface area contributed by atoms with Crippen LogP contribution in [0.25, 0.3) is 0 Å². The molecule has 1 saturated heterocycles. The Hall–Kier alpha value is -2.46. The zero-order valence-corrected chi connectivity index (χ0v) is 22.3. The summed E-state index contributed by atoms with van der Waals surface area (Å²) in [4.78, 5) is 15.5. The van der Waals surface area contributed by atoms with Crippen molar-refractivity contribution in [3.63, 3.8) is 0 Å². The first kappa shape index (κ1) is 30.1. The number of amides is 1. The van der Waals surface area contributed by atoms with E-state index in [1.54, 1.807) is 0 Å². The third kappa shape index (κ3) is 9.38. The van der Waals surface area contributed by atoms with Gasteiger partial charge in [0.05, 0.1) is 18.2 Å². The Bertz CT molecular complexity index is 986. The molecule has 0 aliphatic carbocycles. The van der Waals surface area contributed by atoms with E-state index in [0.717, 1.165) is 50.9 Å². The van der Waals surface area contributed by atoms with Crippen LogP contribution >= 0.6 is 0 Å². The van der Waals surface area contributed by atoms with Crippen LogP contribution in [-0.4, -0.2) is 58.8 Å². The van der Waals surface area contributed by atoms with Crippen LogP contribution in [0.15, 0.2) is 54.6 Å². The summed E-state index contributed by atoms with van der Waals surface area (Å²) in [5.74, 6) is -0.274. The van der Waals surface area contributed by atoms with Gasteiger partial charge in [0.25, 0.3) is 5.91 Å². The minimum atomic E-state index is -4.43. The van der Waals surface area contributed by atoms with Crippen molar-refractivity contribution < 1.29 is 23.2 Å². The monoisotopic (exact) mass is 534 g/mol. The van der Waals surface area contributed by atoms with Gasteiger partial charge in [0.1, 0.15) is 0 Å². The Balaban J connectivity index is 1.58. The quantitative estimate of drug-likeness (QED) is 0.253. The number of nitrogens with two attached hydrogens (primary N) is 1. The highest BCUT2D eigenvalue weighted by atomic mass is 19.4. The van der Waals surface area contributed by atoms with Gasteiger partial charge < -0.3 is 11.1 Å². The Morgan fingerprint density at radius 3 is 2.37 bits per heavy atom. The molecule has 0 spiro atoms. The van der Waals surface area contributed by atoms with E-state index in [1.807, 2.05) is 32.0 Å². The highest BCUT2D eigenvalue weighted by molar-refractivity contribution is 5.80. The molecule has 2 aromatic carbocycles. The molecule has 2 aromatic rings. The molecule has 1 fully saturated rings. The molecule has 0 radical (unpaired) electrons. The molecule has 0 bridgehead atoms. The van der Waals surface area contributed by atoms with Crippen molar-refractivity contribution >= 4 is 5.91 Å². The maximum Gasteiger partial charge on any atom is 0.416 e. The highest BCUT2D eigenvalue weighted by Crippen LogP contribution is 2.29. The molecule has 1 amide bonds. The van der Waals surface area contributed by atoms with Crippen LogP contribution < -0.4 is 11.1 Å². The Labute approximate surface area is 224 Å². The van der Waals surface area contributed by atoms with Gasteiger partial charge in [-0.1, -0.05) is 56.3 Å². The normalized spacial score (nSPS) is 18.1. The van der Waals surface area contributed by atoms with E-state index in [9.17, 15) is 23.2 Å². The van der Waals surface area contributed by atoms with Gasteiger partial charge in [0.2, 0.25) is 0 Å². The molecule has 1 aliphatic heterocycles. The number of aryl methyl sites for hydroxylation is 1. The zero-order valence-electron chi connectivity index (χ0n) is 22.3. The highest BCUT2D eigenvalue weighted by Gasteiger charge is 2.31. The van der Waals surface area contributed by atoms with Crippen molar-refractivity contribution in [1.82, 2.24) is 15.3 Å². The minimum Gasteiger partial charge on any atom is -0.326 e. The van der Waals surface area contributed by atoms with E-state index in [2.05, 4.69) is 22.3 Å². The van der Waals surface area contributed by atoms with Gasteiger partial charge in [0, 0.05) is 25.2 Å². The van der Waals surface area contributed by atoms with E-state index >= 15 is 0 Å². The van der Waals surface area contributed by atoms with Crippen LogP contribution in [0.4, 0.5) is 13.2 Å². The molecule has 3 rings (SSSR count). The van der Waals surface area contributed by atoms with E-state index in [-0.39, 0.29) is 18.5 Å². The van der Waals surface area contributed by atoms with Gasteiger partial charge in [-0.05, 0) is 67.8 Å². The summed E-state index contributed by atoms with van der Waals surface area (Å²) in [6, 6.07) is 14.8. The van der Waals surface area contributed by atoms with Gasteiger partial charge >= 0.3 is 6.18 Å². The summed E-state index contributed by atoms with van der Waals surface area (Å²) in [5.41, 5.74) is 7.12. The van der Waals surface area contributed by atoms with Crippen LogP contribution in [0, 0.1) is 5.92 Å². The number of alkyl halides is 3. The second kappa shape index (κ2) is 14.1. The summed E-state index contributed by atoms with van der Waals surface area (Å²) < 4.78 is 38.5. The Kier molecular flexibility index (Phi) is 11.1. The van der Waals surface area contributed by atoms with Crippen molar-refractivity contribution in [3.8, 4) is 0 Å². The molecule has 9 heteroatoms. The van der Waals surface area contributed by atoms with Crippen molar-refractivity contribution in [2.24, 2.45) is 11.7 Å². The second-order valence-corrected chi connectivity index (χ2v) is 10.7. The molecule has 1 heterocycles. The van der Waals surface area contributed by atoms with E-state index in [0.29, 0.717) is 29.6 Å². The summed E-state index contributed by atoms with van der Waals surface area (Å²) in [6.07, 6.45) is -0.131. The van der Waals surface area contributed by atoms with Gasteiger partial charge in [-0.3, -0.25) is 14.9 Å². The number of rotatable bonds is 13. The molecule has 0 saturated carbocycles. The fraction of sp³-hybridized carbons (Fsp3) is 0.552. The number of likely N-dealkylation sites (tertiary alicyclic amines) is 1. The van der Waals surface area contributed by atoms with E-state index < -0.39 is 23.7 Å². The number of hydrogen-bond acceptors (Lipinski definition) is 5. The lowest BCUT2D eigenvalue weighted by molar-refractivity contribution is -0.171. The molecule has 38 heavy (non-hydrogen) atoms. The van der Waals surface area contributed by atoms with Gasteiger partial charge in [0.15, 0.2) is 0 Å². The molecule has 3 atom stereocenters. The van der Waals surface area contributed by atoms with Crippen molar-refractivity contribution in [2.75, 3.05) is 19.6 Å². The van der Waals surface area contributed by atoms with Crippen LogP contribution in [0.2, 0.25) is 0 Å². The molecule has 4 N–H and O–H groups in total. The third-order valence-electron chi connectivity index (χ3n) is 7.12. The fourth-order valence-corrected chi connectivity index (χ4v) is 5.03. The smallest absolute Gasteiger partial charge is 0.326 e. The molecule has 0 aromatic heterocycles. The molecular formula is C29H41F3N4O2. The van der Waals surface area contributed by atoms with Crippen LogP contribution in [0.5, 0.6) is 0 Å². The van der Waals surface area contributed by atoms with Crippen molar-refractivity contribution in [1.29, 1.82) is 0 Å². The third-order valence-corrected chi connectivity index (χ3v) is 7.12. The maximum atomic E-state index is 13.1. The summed E-state index contributed by atoms with van der Waals surface area (Å²) >= 11 is 0. The number of benzene rings is 2. The van der Waals surface area contributed by atoms with E-state index in [4.69, 9.17) is 5.73 Å². The predicted molar refractivity (Wildman–Crippen MR) is 142 cm³/mol. The molecule has 210 valence electrons. The largest absolute Gasteiger partial charge is 0.416 e. The first-order valence-electron chi connectivity index (χ1n) is 13.5. The number of hydrogen-bond donors (Lipinski definition) is 3.